The Hall–Kier alpha value is -2.99. The summed E-state index contributed by atoms with van der Waals surface area (Å²) >= 11 is 4.15. The quantitative estimate of drug-likeness (QED) is 0.133. The topological polar surface area (TPSA) is 244 Å². The number of carbonyl (C=O) groups is 1. The van der Waals surface area contributed by atoms with Crippen molar-refractivity contribution in [3.63, 3.8) is 0 Å². The van der Waals surface area contributed by atoms with Gasteiger partial charge in [-0.1, -0.05) is 23.5 Å². The van der Waals surface area contributed by atoms with E-state index < -0.39 is 51.7 Å². The Morgan fingerprint density at radius 3 is 2.81 bits per heavy atom. The molecular weight excluding hydrogens is 628 g/mol. The molecular formula is C22H27N9O9P2S. The molecule has 0 radical (unpaired) electrons. The number of anilines is 1. The van der Waals surface area contributed by atoms with Gasteiger partial charge < -0.3 is 30.4 Å². The highest BCUT2D eigenvalue weighted by Crippen LogP contribution is 2.56. The standard InChI is InChI=1S/C22H27N9O9P2S/c23-20-19-22(26-9-25-20)30(10-27-19)17-6-14(15(39-17)8-36-41(33)34)40-42(35,43)37-7-11-4-5-16(38-11)31-13-3-1-2-12(21(24)32)18(13)28-29-31/h1-3,9-11,14-17,41H,4-8H2,(H2,24,32)(H,33,34)(H,35,43)(H2,23,25,26)/t11-,14-,15+,16+,17+,42?/m0/s1. The smallest absolute Gasteiger partial charge is 0.382 e. The van der Waals surface area contributed by atoms with E-state index in [1.807, 2.05) is 0 Å². The number of rotatable bonds is 11. The van der Waals surface area contributed by atoms with Crippen molar-refractivity contribution in [1.29, 1.82) is 0 Å². The second-order valence-corrected chi connectivity index (χ2v) is 13.5. The van der Waals surface area contributed by atoms with Crippen LogP contribution >= 0.6 is 27.3 Å². The SMILES string of the molecule is NC(=O)c1cccc2c1nnn2[C@H]1CC[C@@H](COP(=O)(S)O[C@H]2C[C@H](n3cnc4c(N)ncnc43)O[C@@H]2CO[PH](=O)O)O1. The molecule has 230 valence electrons. The van der Waals surface area contributed by atoms with Crippen molar-refractivity contribution in [2.75, 3.05) is 18.9 Å². The van der Waals surface area contributed by atoms with Crippen molar-refractivity contribution < 1.29 is 41.9 Å². The molecule has 7 atom stereocenters. The van der Waals surface area contributed by atoms with Crippen LogP contribution in [0.4, 0.5) is 5.82 Å². The lowest BCUT2D eigenvalue weighted by atomic mass is 10.1. The van der Waals surface area contributed by atoms with Crippen LogP contribution < -0.4 is 11.5 Å². The third-order valence-electron chi connectivity index (χ3n) is 7.07. The number of fused-ring (bicyclic) bond motifs is 2. The molecule has 5 heterocycles. The molecule has 2 saturated heterocycles. The first-order valence-corrected chi connectivity index (χ1v) is 16.9. The maximum absolute atomic E-state index is 13.3. The lowest BCUT2D eigenvalue weighted by Crippen LogP contribution is -2.27. The summed E-state index contributed by atoms with van der Waals surface area (Å²) in [6.07, 6.45) is 0.504. The Balaban J connectivity index is 1.10. The van der Waals surface area contributed by atoms with Crippen LogP contribution in [0, 0.1) is 0 Å². The van der Waals surface area contributed by atoms with Crippen molar-refractivity contribution in [3.05, 3.63) is 36.4 Å². The van der Waals surface area contributed by atoms with Gasteiger partial charge in [-0.3, -0.25) is 23.0 Å². The lowest BCUT2D eigenvalue weighted by molar-refractivity contribution is -0.0395. The number of nitrogens with zero attached hydrogens (tertiary/aromatic N) is 7. The number of amides is 1. The van der Waals surface area contributed by atoms with Crippen molar-refractivity contribution in [2.24, 2.45) is 5.73 Å². The average molecular weight is 656 g/mol. The summed E-state index contributed by atoms with van der Waals surface area (Å²) in [5, 5.41) is 8.22. The number of carbonyl (C=O) groups excluding carboxylic acids is 1. The van der Waals surface area contributed by atoms with Gasteiger partial charge in [0.2, 0.25) is 0 Å². The molecule has 18 nitrogen and oxygen atoms in total. The third kappa shape index (κ3) is 6.31. The van der Waals surface area contributed by atoms with E-state index in [9.17, 15) is 18.8 Å². The van der Waals surface area contributed by atoms with E-state index in [-0.39, 0.29) is 31.0 Å². The monoisotopic (exact) mass is 655 g/mol. The number of nitrogen functional groups attached to an aromatic ring is 1. The van der Waals surface area contributed by atoms with E-state index in [0.29, 0.717) is 35.0 Å². The van der Waals surface area contributed by atoms with Gasteiger partial charge in [0.1, 0.15) is 35.8 Å². The Bertz CT molecular complexity index is 1740. The number of benzene rings is 1. The van der Waals surface area contributed by atoms with Crippen LogP contribution in [0.25, 0.3) is 22.2 Å². The van der Waals surface area contributed by atoms with Crippen LogP contribution in [0.5, 0.6) is 0 Å². The summed E-state index contributed by atoms with van der Waals surface area (Å²) in [5.74, 6) is -0.429. The minimum absolute atomic E-state index is 0.110. The molecule has 0 aliphatic carbocycles. The number of aromatic nitrogens is 7. The van der Waals surface area contributed by atoms with Gasteiger partial charge in [-0.05, 0) is 25.0 Å². The van der Waals surface area contributed by atoms with Crippen LogP contribution in [-0.2, 0) is 32.2 Å². The summed E-state index contributed by atoms with van der Waals surface area (Å²) in [7, 11) is -3.28. The summed E-state index contributed by atoms with van der Waals surface area (Å²) < 4.78 is 56.0. The number of ether oxygens (including phenoxy) is 2. The van der Waals surface area contributed by atoms with Crippen LogP contribution in [0.3, 0.4) is 0 Å². The van der Waals surface area contributed by atoms with Gasteiger partial charge in [0.05, 0.1) is 36.7 Å². The number of nitrogens with two attached hydrogens (primary N) is 2. The number of thiol groups is 1. The normalized spacial score (nSPS) is 26.2. The molecule has 2 aliphatic rings. The number of imidazole rings is 1. The summed E-state index contributed by atoms with van der Waals surface area (Å²) in [4.78, 5) is 33.3. The molecule has 6 rings (SSSR count). The largest absolute Gasteiger partial charge is 0.386 e. The lowest BCUT2D eigenvalue weighted by Gasteiger charge is -2.22. The van der Waals surface area contributed by atoms with Crippen molar-refractivity contribution in [1.82, 2.24) is 34.5 Å². The average Bonchev–Trinajstić information content (AvgIpc) is 3.75. The fourth-order valence-corrected chi connectivity index (χ4v) is 6.96. The van der Waals surface area contributed by atoms with E-state index in [0.717, 1.165) is 0 Å². The highest BCUT2D eigenvalue weighted by molar-refractivity contribution is 8.44. The predicted octanol–water partition coefficient (Wildman–Crippen LogP) is 1.76. The predicted molar refractivity (Wildman–Crippen MR) is 152 cm³/mol. The van der Waals surface area contributed by atoms with Crippen LogP contribution in [0.15, 0.2) is 30.9 Å². The minimum Gasteiger partial charge on any atom is -0.382 e. The number of primary amides is 1. The fourth-order valence-electron chi connectivity index (χ4n) is 5.11. The molecule has 3 aromatic heterocycles. The van der Waals surface area contributed by atoms with Gasteiger partial charge in [-0.2, -0.15) is 0 Å². The summed E-state index contributed by atoms with van der Waals surface area (Å²) in [6, 6.07) is 5.00. The zero-order valence-electron chi connectivity index (χ0n) is 22.2. The van der Waals surface area contributed by atoms with Crippen LogP contribution in [0.2, 0.25) is 0 Å². The van der Waals surface area contributed by atoms with E-state index in [1.54, 1.807) is 27.4 Å². The molecule has 21 heteroatoms. The van der Waals surface area contributed by atoms with E-state index in [1.165, 1.54) is 12.7 Å². The molecule has 2 fully saturated rings. The summed E-state index contributed by atoms with van der Waals surface area (Å²) in [5.41, 5.74) is 13.3. The first kappa shape index (κ1) is 30.1. The molecule has 43 heavy (non-hydrogen) atoms. The molecule has 5 N–H and O–H groups in total. The van der Waals surface area contributed by atoms with Gasteiger partial charge in [0.25, 0.3) is 5.91 Å². The van der Waals surface area contributed by atoms with Gasteiger partial charge in [-0.15, -0.1) is 5.10 Å². The second-order valence-electron chi connectivity index (χ2n) is 9.79. The fraction of sp³-hybridized carbons (Fsp3) is 0.455. The highest BCUT2D eigenvalue weighted by atomic mass is 32.7. The molecule has 0 saturated carbocycles. The Morgan fingerprint density at radius 1 is 1.19 bits per heavy atom. The Labute approximate surface area is 248 Å². The van der Waals surface area contributed by atoms with Crippen molar-refractivity contribution in [2.45, 2.75) is 50.0 Å². The maximum atomic E-state index is 13.3. The van der Waals surface area contributed by atoms with Crippen LogP contribution in [-0.4, -0.2) is 76.8 Å². The maximum Gasteiger partial charge on any atom is 0.386 e. The molecule has 1 amide bonds. The van der Waals surface area contributed by atoms with Gasteiger partial charge >= 0.3 is 15.1 Å². The van der Waals surface area contributed by atoms with Gasteiger partial charge in [0, 0.05) is 6.42 Å². The number of hydrogen-bond acceptors (Lipinski definition) is 14. The van der Waals surface area contributed by atoms with E-state index in [2.05, 4.69) is 37.5 Å². The number of hydrogen-bond donors (Lipinski definition) is 4. The Kier molecular flexibility index (Phi) is 8.52. The summed E-state index contributed by atoms with van der Waals surface area (Å²) in [6.45, 7) is -4.41. The molecule has 2 aliphatic heterocycles. The van der Waals surface area contributed by atoms with E-state index >= 15 is 0 Å². The van der Waals surface area contributed by atoms with Crippen molar-refractivity contribution in [3.8, 4) is 0 Å². The zero-order valence-corrected chi connectivity index (χ0v) is 25.0. The molecule has 4 aromatic rings. The second kappa shape index (κ2) is 12.2. The van der Waals surface area contributed by atoms with Gasteiger partial charge in [-0.25, -0.2) is 24.2 Å². The third-order valence-corrected chi connectivity index (χ3v) is 9.12. The molecule has 2 unspecified atom stereocenters. The molecule has 0 spiro atoms. The van der Waals surface area contributed by atoms with E-state index in [4.69, 9.17) is 34.5 Å². The first-order chi connectivity index (χ1) is 20.6. The molecule has 1 aromatic carbocycles. The van der Waals surface area contributed by atoms with Crippen molar-refractivity contribution >= 4 is 61.2 Å². The minimum atomic E-state index is -3.98. The zero-order chi connectivity index (χ0) is 30.3. The van der Waals surface area contributed by atoms with Crippen LogP contribution in [0.1, 0.15) is 42.1 Å². The Morgan fingerprint density at radius 2 is 2.02 bits per heavy atom. The first-order valence-electron chi connectivity index (χ1n) is 13.0. The highest BCUT2D eigenvalue weighted by Gasteiger charge is 2.42. The molecule has 0 bridgehead atoms. The van der Waals surface area contributed by atoms with Gasteiger partial charge in [0.15, 0.2) is 17.7 Å².